The van der Waals surface area contributed by atoms with E-state index >= 15 is 0 Å². The van der Waals surface area contributed by atoms with E-state index in [1.54, 1.807) is 25.1 Å². The van der Waals surface area contributed by atoms with Gasteiger partial charge in [0.15, 0.2) is 0 Å². The molecule has 0 aromatic heterocycles. The van der Waals surface area contributed by atoms with Crippen molar-refractivity contribution in [3.05, 3.63) is 35.4 Å². The quantitative estimate of drug-likeness (QED) is 0.514. The van der Waals surface area contributed by atoms with Crippen LogP contribution in [-0.2, 0) is 14.3 Å². The molecule has 144 valence electrons. The van der Waals surface area contributed by atoms with Gasteiger partial charge in [-0.15, -0.1) is 0 Å². The molecule has 1 aromatic rings. The molecule has 0 aliphatic rings. The van der Waals surface area contributed by atoms with Gasteiger partial charge in [-0.05, 0) is 44.4 Å². The van der Waals surface area contributed by atoms with E-state index < -0.39 is 18.2 Å². The highest BCUT2D eigenvalue weighted by Gasteiger charge is 2.26. The summed E-state index contributed by atoms with van der Waals surface area (Å²) in [5, 5.41) is 2.78. The molecule has 1 N–H and O–H groups in total. The van der Waals surface area contributed by atoms with Crippen molar-refractivity contribution in [3.63, 3.8) is 0 Å². The molecular formula is C19H26ClNO5. The van der Waals surface area contributed by atoms with Gasteiger partial charge < -0.3 is 14.2 Å². The topological polar surface area (TPSA) is 73.9 Å². The zero-order valence-electron chi connectivity index (χ0n) is 15.8. The highest BCUT2D eigenvalue weighted by molar-refractivity contribution is 6.33. The summed E-state index contributed by atoms with van der Waals surface area (Å²) in [5.41, 5.74) is 0.699. The number of hydrogen-bond acceptors (Lipinski definition) is 5. The third kappa shape index (κ3) is 7.35. The van der Waals surface area contributed by atoms with Crippen LogP contribution < -0.4 is 10.1 Å². The summed E-state index contributed by atoms with van der Waals surface area (Å²) in [5.74, 6) is 0.0954. The van der Waals surface area contributed by atoms with Crippen LogP contribution in [0.4, 0.5) is 10.5 Å². The molecule has 0 radical (unpaired) electrons. The molecule has 0 aliphatic heterocycles. The zero-order chi connectivity index (χ0) is 19.9. The maximum absolute atomic E-state index is 12.1. The lowest BCUT2D eigenvalue weighted by Crippen LogP contribution is -2.32. The smallest absolute Gasteiger partial charge is 0.412 e. The van der Waals surface area contributed by atoms with Crippen LogP contribution in [0.25, 0.3) is 0 Å². The van der Waals surface area contributed by atoms with Crippen molar-refractivity contribution in [2.24, 2.45) is 5.92 Å². The van der Waals surface area contributed by atoms with Gasteiger partial charge in [0.1, 0.15) is 5.75 Å². The van der Waals surface area contributed by atoms with Crippen molar-refractivity contribution in [3.8, 4) is 5.75 Å². The Morgan fingerprint density at radius 1 is 1.23 bits per heavy atom. The minimum absolute atomic E-state index is 0.00279. The Balaban J connectivity index is 2.73. The summed E-state index contributed by atoms with van der Waals surface area (Å²) >= 11 is 6.14. The Morgan fingerprint density at radius 2 is 1.88 bits per heavy atom. The Bertz CT molecular complexity index is 657. The average molecular weight is 384 g/mol. The Labute approximate surface area is 159 Å². The first-order chi connectivity index (χ1) is 12.1. The fourth-order valence-electron chi connectivity index (χ4n) is 1.86. The minimum atomic E-state index is -1.18. The molecule has 6 nitrogen and oxygen atoms in total. The van der Waals surface area contributed by atoms with Gasteiger partial charge in [0, 0.05) is 6.07 Å². The van der Waals surface area contributed by atoms with Crippen LogP contribution in [0.3, 0.4) is 0 Å². The molecule has 0 saturated heterocycles. The second-order valence-corrected chi connectivity index (χ2v) is 7.00. The maximum atomic E-state index is 12.1. The van der Waals surface area contributed by atoms with E-state index in [1.807, 2.05) is 27.7 Å². The van der Waals surface area contributed by atoms with Gasteiger partial charge in [-0.25, -0.2) is 9.59 Å². The van der Waals surface area contributed by atoms with Gasteiger partial charge in [0.2, 0.25) is 6.10 Å². The molecule has 0 fully saturated rings. The standard InChI is InChI=1S/C19H26ClNO5/c1-11(2)10-24-18(22)17(12(3)4)26-19(23)21-16-8-7-14(9-15(16)20)25-13(5)6/h7-9,11,13,17H,3,10H2,1-2,4-6H3,(H,21,23). The van der Waals surface area contributed by atoms with Gasteiger partial charge in [0.25, 0.3) is 0 Å². The Kier molecular flexibility index (Phi) is 8.45. The number of amides is 1. The molecule has 0 aliphatic carbocycles. The summed E-state index contributed by atoms with van der Waals surface area (Å²) in [7, 11) is 0. The molecule has 26 heavy (non-hydrogen) atoms. The van der Waals surface area contributed by atoms with Crippen molar-refractivity contribution < 1.29 is 23.8 Å². The maximum Gasteiger partial charge on any atom is 0.412 e. The summed E-state index contributed by atoms with van der Waals surface area (Å²) in [4.78, 5) is 24.2. The number of carbonyl (C=O) groups is 2. The van der Waals surface area contributed by atoms with Gasteiger partial charge in [-0.2, -0.15) is 0 Å². The van der Waals surface area contributed by atoms with Gasteiger partial charge in [0.05, 0.1) is 23.4 Å². The highest BCUT2D eigenvalue weighted by atomic mass is 35.5. The summed E-state index contributed by atoms with van der Waals surface area (Å²) in [6.45, 7) is 13.1. The lowest BCUT2D eigenvalue weighted by Gasteiger charge is -2.18. The molecule has 1 aromatic carbocycles. The van der Waals surface area contributed by atoms with Crippen LogP contribution >= 0.6 is 11.6 Å². The molecule has 0 heterocycles. The van der Waals surface area contributed by atoms with E-state index in [2.05, 4.69) is 11.9 Å². The molecular weight excluding hydrogens is 358 g/mol. The number of halogens is 1. The molecule has 0 bridgehead atoms. The van der Waals surface area contributed by atoms with Gasteiger partial charge >= 0.3 is 12.1 Å². The third-order valence-corrected chi connectivity index (χ3v) is 3.31. The lowest BCUT2D eigenvalue weighted by atomic mass is 10.2. The van der Waals surface area contributed by atoms with Crippen LogP contribution in [0.15, 0.2) is 30.4 Å². The molecule has 1 rings (SSSR count). The monoisotopic (exact) mass is 383 g/mol. The van der Waals surface area contributed by atoms with Crippen molar-refractivity contribution in [1.29, 1.82) is 0 Å². The summed E-state index contributed by atoms with van der Waals surface area (Å²) in [6, 6.07) is 4.85. The van der Waals surface area contributed by atoms with E-state index in [9.17, 15) is 9.59 Å². The average Bonchev–Trinajstić information content (AvgIpc) is 2.52. The van der Waals surface area contributed by atoms with Gasteiger partial charge in [-0.3, -0.25) is 5.32 Å². The predicted octanol–water partition coefficient (Wildman–Crippen LogP) is 4.82. The van der Waals surface area contributed by atoms with Crippen LogP contribution in [0.2, 0.25) is 5.02 Å². The number of esters is 1. The third-order valence-electron chi connectivity index (χ3n) is 2.99. The van der Waals surface area contributed by atoms with E-state index in [4.69, 9.17) is 25.8 Å². The largest absolute Gasteiger partial charge is 0.491 e. The lowest BCUT2D eigenvalue weighted by molar-refractivity contribution is -0.152. The second-order valence-electron chi connectivity index (χ2n) is 6.59. The molecule has 7 heteroatoms. The number of rotatable bonds is 8. The molecule has 0 saturated carbocycles. The van der Waals surface area contributed by atoms with Crippen LogP contribution in [0, 0.1) is 5.92 Å². The van der Waals surface area contributed by atoms with Gasteiger partial charge in [-0.1, -0.05) is 32.0 Å². The SMILES string of the molecule is C=C(C)C(OC(=O)Nc1ccc(OC(C)C)cc1Cl)C(=O)OCC(C)C. The first-order valence-electron chi connectivity index (χ1n) is 8.36. The van der Waals surface area contributed by atoms with E-state index in [0.717, 1.165) is 0 Å². The van der Waals surface area contributed by atoms with Crippen molar-refractivity contribution in [1.82, 2.24) is 0 Å². The summed E-state index contributed by atoms with van der Waals surface area (Å²) in [6.07, 6.45) is -2.02. The van der Waals surface area contributed by atoms with E-state index in [1.165, 1.54) is 0 Å². The van der Waals surface area contributed by atoms with Crippen LogP contribution in [-0.4, -0.2) is 30.9 Å². The number of benzene rings is 1. The van der Waals surface area contributed by atoms with Crippen molar-refractivity contribution in [2.75, 3.05) is 11.9 Å². The zero-order valence-corrected chi connectivity index (χ0v) is 16.6. The fourth-order valence-corrected chi connectivity index (χ4v) is 2.08. The number of anilines is 1. The minimum Gasteiger partial charge on any atom is -0.491 e. The summed E-state index contributed by atoms with van der Waals surface area (Å²) < 4.78 is 15.8. The number of carbonyl (C=O) groups excluding carboxylic acids is 2. The second kappa shape index (κ2) is 10.1. The number of nitrogens with one attached hydrogen (secondary N) is 1. The van der Waals surface area contributed by atoms with E-state index in [0.29, 0.717) is 17.0 Å². The molecule has 1 unspecified atom stereocenters. The predicted molar refractivity (Wildman–Crippen MR) is 102 cm³/mol. The Morgan fingerprint density at radius 3 is 2.38 bits per heavy atom. The van der Waals surface area contributed by atoms with Crippen LogP contribution in [0.5, 0.6) is 5.75 Å². The number of hydrogen-bond donors (Lipinski definition) is 1. The van der Waals surface area contributed by atoms with Crippen LogP contribution in [0.1, 0.15) is 34.6 Å². The molecule has 1 atom stereocenters. The molecule has 1 amide bonds. The molecule has 0 spiro atoms. The van der Waals surface area contributed by atoms with Crippen molar-refractivity contribution >= 4 is 29.4 Å². The fraction of sp³-hybridized carbons (Fsp3) is 0.474. The van der Waals surface area contributed by atoms with Crippen molar-refractivity contribution in [2.45, 2.75) is 46.8 Å². The highest BCUT2D eigenvalue weighted by Crippen LogP contribution is 2.27. The normalized spacial score (nSPS) is 11.8. The first-order valence-corrected chi connectivity index (χ1v) is 8.73. The van der Waals surface area contributed by atoms with E-state index in [-0.39, 0.29) is 23.7 Å². The number of ether oxygens (including phenoxy) is 3. The first kappa shape index (κ1) is 21.8. The Hall–Kier alpha value is -2.21.